The van der Waals surface area contributed by atoms with Crippen molar-refractivity contribution in [2.75, 3.05) is 13.1 Å². The fourth-order valence-corrected chi connectivity index (χ4v) is 2.01. The van der Waals surface area contributed by atoms with Crippen LogP contribution in [0.25, 0.3) is 0 Å². The Morgan fingerprint density at radius 3 is 2.67 bits per heavy atom. The monoisotopic (exact) mass is 246 g/mol. The van der Waals surface area contributed by atoms with Crippen molar-refractivity contribution in [2.24, 2.45) is 0 Å². The fourth-order valence-electron chi connectivity index (χ4n) is 2.01. The molecule has 1 N–H and O–H groups in total. The van der Waals surface area contributed by atoms with Gasteiger partial charge in [-0.15, -0.1) is 0 Å². The van der Waals surface area contributed by atoms with E-state index >= 15 is 0 Å². The molecule has 1 fully saturated rings. The zero-order valence-corrected chi connectivity index (χ0v) is 11.1. The number of carbonyl (C=O) groups is 1. The minimum atomic E-state index is 0.245. The average Bonchev–Trinajstić information content (AvgIpc) is 3.21. The Morgan fingerprint density at radius 1 is 1.33 bits per heavy atom. The van der Waals surface area contributed by atoms with Crippen molar-refractivity contribution in [3.63, 3.8) is 0 Å². The second-order valence-electron chi connectivity index (χ2n) is 4.87. The molecule has 1 amide bonds. The first-order valence-corrected chi connectivity index (χ1v) is 6.84. The molecular weight excluding hydrogens is 224 g/mol. The van der Waals surface area contributed by atoms with E-state index in [9.17, 15) is 4.79 Å². The standard InChI is InChI=1S/C15H22N2O/c1-2-17(12-13-6-4-3-5-7-13)15(18)10-11-16-14-8-9-14/h3-7,14,16H,2,8-12H2,1H3. The number of carbonyl (C=O) groups excluding carboxylic acids is 1. The molecule has 1 aromatic carbocycles. The molecular formula is C15H22N2O. The quantitative estimate of drug-likeness (QED) is 0.799. The van der Waals surface area contributed by atoms with Crippen LogP contribution in [0.4, 0.5) is 0 Å². The molecule has 1 aromatic rings. The van der Waals surface area contributed by atoms with Crippen molar-refractivity contribution in [1.29, 1.82) is 0 Å². The molecule has 1 aliphatic rings. The molecule has 1 aliphatic carbocycles. The van der Waals surface area contributed by atoms with Gasteiger partial charge in [0.2, 0.25) is 5.91 Å². The van der Waals surface area contributed by atoms with Crippen molar-refractivity contribution >= 4 is 5.91 Å². The van der Waals surface area contributed by atoms with E-state index in [-0.39, 0.29) is 5.91 Å². The number of nitrogens with zero attached hydrogens (tertiary/aromatic N) is 1. The maximum atomic E-state index is 12.1. The van der Waals surface area contributed by atoms with E-state index in [0.717, 1.165) is 19.6 Å². The third kappa shape index (κ3) is 4.15. The summed E-state index contributed by atoms with van der Waals surface area (Å²) in [5.41, 5.74) is 1.20. The Balaban J connectivity index is 1.77. The van der Waals surface area contributed by atoms with Gasteiger partial charge in [-0.2, -0.15) is 0 Å². The lowest BCUT2D eigenvalue weighted by molar-refractivity contribution is -0.131. The highest BCUT2D eigenvalue weighted by Crippen LogP contribution is 2.18. The van der Waals surface area contributed by atoms with E-state index in [0.29, 0.717) is 12.5 Å². The zero-order chi connectivity index (χ0) is 12.8. The van der Waals surface area contributed by atoms with Gasteiger partial charge in [0.25, 0.3) is 0 Å². The summed E-state index contributed by atoms with van der Waals surface area (Å²) in [4.78, 5) is 14.0. The second kappa shape index (κ2) is 6.55. The summed E-state index contributed by atoms with van der Waals surface area (Å²) in [6, 6.07) is 10.9. The smallest absolute Gasteiger partial charge is 0.224 e. The van der Waals surface area contributed by atoms with Gasteiger partial charge in [-0.05, 0) is 25.3 Å². The van der Waals surface area contributed by atoms with Gasteiger partial charge in [0.15, 0.2) is 0 Å². The molecule has 18 heavy (non-hydrogen) atoms. The van der Waals surface area contributed by atoms with E-state index in [2.05, 4.69) is 17.4 Å². The Bertz CT molecular complexity index is 373. The molecule has 98 valence electrons. The average molecular weight is 246 g/mol. The molecule has 0 saturated heterocycles. The maximum Gasteiger partial charge on any atom is 0.224 e. The molecule has 3 nitrogen and oxygen atoms in total. The van der Waals surface area contributed by atoms with Crippen molar-refractivity contribution in [1.82, 2.24) is 10.2 Å². The maximum absolute atomic E-state index is 12.1. The highest BCUT2D eigenvalue weighted by Gasteiger charge is 2.20. The zero-order valence-electron chi connectivity index (χ0n) is 11.1. The third-order valence-electron chi connectivity index (χ3n) is 3.30. The molecule has 0 atom stereocenters. The van der Waals surface area contributed by atoms with Gasteiger partial charge in [0, 0.05) is 32.1 Å². The predicted molar refractivity (Wildman–Crippen MR) is 73.2 cm³/mol. The van der Waals surface area contributed by atoms with Crippen molar-refractivity contribution in [2.45, 2.75) is 38.8 Å². The summed E-state index contributed by atoms with van der Waals surface area (Å²) in [5, 5.41) is 3.38. The molecule has 0 aliphatic heterocycles. The summed E-state index contributed by atoms with van der Waals surface area (Å²) in [6.07, 6.45) is 3.16. The Hall–Kier alpha value is -1.35. The summed E-state index contributed by atoms with van der Waals surface area (Å²) in [5.74, 6) is 0.245. The molecule has 0 aromatic heterocycles. The first kappa shape index (κ1) is 13.1. The van der Waals surface area contributed by atoms with Gasteiger partial charge in [0.05, 0.1) is 0 Å². The summed E-state index contributed by atoms with van der Waals surface area (Å²) in [6.45, 7) is 4.35. The highest BCUT2D eigenvalue weighted by atomic mass is 16.2. The minimum Gasteiger partial charge on any atom is -0.339 e. The number of amides is 1. The van der Waals surface area contributed by atoms with Crippen LogP contribution in [0, 0.1) is 0 Å². The number of hydrogen-bond acceptors (Lipinski definition) is 2. The topological polar surface area (TPSA) is 32.3 Å². The second-order valence-corrected chi connectivity index (χ2v) is 4.87. The van der Waals surface area contributed by atoms with Gasteiger partial charge in [-0.25, -0.2) is 0 Å². The summed E-state index contributed by atoms with van der Waals surface area (Å²) < 4.78 is 0. The number of benzene rings is 1. The lowest BCUT2D eigenvalue weighted by Crippen LogP contribution is -2.33. The van der Waals surface area contributed by atoms with Crippen LogP contribution in [0.5, 0.6) is 0 Å². The Kier molecular flexibility index (Phi) is 4.76. The molecule has 1 saturated carbocycles. The number of nitrogens with one attached hydrogen (secondary N) is 1. The van der Waals surface area contributed by atoms with Crippen LogP contribution >= 0.6 is 0 Å². The Morgan fingerprint density at radius 2 is 2.06 bits per heavy atom. The normalized spacial score (nSPS) is 14.5. The molecule has 0 bridgehead atoms. The summed E-state index contributed by atoms with van der Waals surface area (Å²) in [7, 11) is 0. The van der Waals surface area contributed by atoms with Crippen LogP contribution < -0.4 is 5.32 Å². The first-order chi connectivity index (χ1) is 8.79. The molecule has 2 rings (SSSR count). The summed E-state index contributed by atoms with van der Waals surface area (Å²) >= 11 is 0. The minimum absolute atomic E-state index is 0.245. The highest BCUT2D eigenvalue weighted by molar-refractivity contribution is 5.76. The number of rotatable bonds is 7. The Labute approximate surface area is 109 Å². The molecule has 0 heterocycles. The first-order valence-electron chi connectivity index (χ1n) is 6.84. The van der Waals surface area contributed by atoms with Crippen LogP contribution in [0.1, 0.15) is 31.7 Å². The van der Waals surface area contributed by atoms with E-state index in [1.54, 1.807) is 0 Å². The molecule has 0 spiro atoms. The fraction of sp³-hybridized carbons (Fsp3) is 0.533. The molecule has 0 radical (unpaired) electrons. The van der Waals surface area contributed by atoms with Crippen LogP contribution in [0.3, 0.4) is 0 Å². The van der Waals surface area contributed by atoms with Crippen LogP contribution in [0.2, 0.25) is 0 Å². The van der Waals surface area contributed by atoms with Gasteiger partial charge in [-0.1, -0.05) is 30.3 Å². The third-order valence-corrected chi connectivity index (χ3v) is 3.30. The van der Waals surface area contributed by atoms with Crippen LogP contribution in [-0.4, -0.2) is 29.9 Å². The predicted octanol–water partition coefficient (Wildman–Crippen LogP) is 2.18. The van der Waals surface area contributed by atoms with Gasteiger partial charge >= 0.3 is 0 Å². The van der Waals surface area contributed by atoms with Crippen molar-refractivity contribution in [3.8, 4) is 0 Å². The van der Waals surface area contributed by atoms with Crippen LogP contribution in [-0.2, 0) is 11.3 Å². The van der Waals surface area contributed by atoms with E-state index < -0.39 is 0 Å². The molecule has 0 unspecified atom stereocenters. The largest absolute Gasteiger partial charge is 0.339 e. The SMILES string of the molecule is CCN(Cc1ccccc1)C(=O)CCNC1CC1. The van der Waals surface area contributed by atoms with Crippen molar-refractivity contribution < 1.29 is 4.79 Å². The van der Waals surface area contributed by atoms with Gasteiger partial charge < -0.3 is 10.2 Å². The molecule has 3 heteroatoms. The van der Waals surface area contributed by atoms with Gasteiger partial charge in [0.1, 0.15) is 0 Å². The number of hydrogen-bond donors (Lipinski definition) is 1. The van der Waals surface area contributed by atoms with E-state index in [1.807, 2.05) is 30.0 Å². The lowest BCUT2D eigenvalue weighted by atomic mass is 10.2. The van der Waals surface area contributed by atoms with E-state index in [1.165, 1.54) is 18.4 Å². The lowest BCUT2D eigenvalue weighted by Gasteiger charge is -2.21. The van der Waals surface area contributed by atoms with Gasteiger partial charge in [-0.3, -0.25) is 4.79 Å². The van der Waals surface area contributed by atoms with E-state index in [4.69, 9.17) is 0 Å². The van der Waals surface area contributed by atoms with Crippen molar-refractivity contribution in [3.05, 3.63) is 35.9 Å². The van der Waals surface area contributed by atoms with Crippen LogP contribution in [0.15, 0.2) is 30.3 Å².